The minimum atomic E-state index is 0.962. The van der Waals surface area contributed by atoms with Gasteiger partial charge < -0.3 is 4.74 Å². The summed E-state index contributed by atoms with van der Waals surface area (Å²) >= 11 is 0. The molecule has 0 aliphatic rings. The minimum Gasteiger partial charge on any atom is -0.497 e. The molecule has 0 spiro atoms. The van der Waals surface area contributed by atoms with Crippen molar-refractivity contribution in [3.63, 3.8) is 0 Å². The van der Waals surface area contributed by atoms with Crippen LogP contribution in [0.5, 0.6) is 5.75 Å². The maximum absolute atomic E-state index is 5.13. The van der Waals surface area contributed by atoms with Gasteiger partial charge >= 0.3 is 0 Å². The summed E-state index contributed by atoms with van der Waals surface area (Å²) in [5.41, 5.74) is 1.37. The Labute approximate surface area is 74.4 Å². The van der Waals surface area contributed by atoms with Gasteiger partial charge in [0.05, 0.1) is 7.11 Å². The van der Waals surface area contributed by atoms with Gasteiger partial charge in [-0.3, -0.25) is 0 Å². The zero-order chi connectivity index (χ0) is 8.81. The summed E-state index contributed by atoms with van der Waals surface area (Å²) in [6.45, 7) is 2.21. The summed E-state index contributed by atoms with van der Waals surface area (Å²) in [7, 11) is 1.71. The van der Waals surface area contributed by atoms with Crippen LogP contribution in [0, 0.1) is 0 Å². The van der Waals surface area contributed by atoms with Crippen LogP contribution in [0.15, 0.2) is 24.3 Å². The van der Waals surface area contributed by atoms with Crippen molar-refractivity contribution >= 4 is 0 Å². The van der Waals surface area contributed by atoms with Gasteiger partial charge in [-0.05, 0) is 30.5 Å². The monoisotopic (exact) mass is 164 g/mol. The lowest BCUT2D eigenvalue weighted by Gasteiger charge is -2.02. The van der Waals surface area contributed by atoms with E-state index in [0.717, 1.165) is 12.2 Å². The van der Waals surface area contributed by atoms with E-state index in [1.54, 1.807) is 7.11 Å². The SMILES string of the molecule is CCCCc1cccc(OC)c1. The molecule has 0 bridgehead atoms. The fraction of sp³-hybridized carbons (Fsp3) is 0.455. The normalized spacial score (nSPS) is 9.83. The van der Waals surface area contributed by atoms with E-state index in [4.69, 9.17) is 4.74 Å². The summed E-state index contributed by atoms with van der Waals surface area (Å²) in [5, 5.41) is 0. The van der Waals surface area contributed by atoms with Crippen molar-refractivity contribution in [1.82, 2.24) is 0 Å². The first-order valence-corrected chi connectivity index (χ1v) is 4.49. The average Bonchev–Trinajstić information content (AvgIpc) is 2.15. The van der Waals surface area contributed by atoms with Crippen LogP contribution < -0.4 is 4.74 Å². The molecule has 1 aromatic rings. The molecule has 0 unspecified atom stereocenters. The molecule has 0 aliphatic carbocycles. The smallest absolute Gasteiger partial charge is 0.119 e. The highest BCUT2D eigenvalue weighted by Gasteiger charge is 1.94. The van der Waals surface area contributed by atoms with Gasteiger partial charge in [0, 0.05) is 0 Å². The second kappa shape index (κ2) is 4.81. The second-order valence-corrected chi connectivity index (χ2v) is 2.96. The van der Waals surface area contributed by atoms with Crippen LogP contribution in [-0.2, 0) is 6.42 Å². The van der Waals surface area contributed by atoms with E-state index < -0.39 is 0 Å². The van der Waals surface area contributed by atoms with E-state index in [1.165, 1.54) is 18.4 Å². The summed E-state index contributed by atoms with van der Waals surface area (Å²) in [6.07, 6.45) is 3.66. The lowest BCUT2D eigenvalue weighted by molar-refractivity contribution is 0.414. The molecular formula is C11H16O. The topological polar surface area (TPSA) is 9.23 Å². The molecule has 0 aromatic heterocycles. The third kappa shape index (κ3) is 2.57. The van der Waals surface area contributed by atoms with Crippen molar-refractivity contribution in [2.45, 2.75) is 26.2 Å². The van der Waals surface area contributed by atoms with Gasteiger partial charge in [0.15, 0.2) is 0 Å². The van der Waals surface area contributed by atoms with Gasteiger partial charge in [-0.25, -0.2) is 0 Å². The molecule has 0 atom stereocenters. The number of ether oxygens (including phenoxy) is 1. The molecule has 1 rings (SSSR count). The fourth-order valence-electron chi connectivity index (χ4n) is 1.21. The lowest BCUT2D eigenvalue weighted by Crippen LogP contribution is -1.87. The van der Waals surface area contributed by atoms with Crippen molar-refractivity contribution in [2.24, 2.45) is 0 Å². The van der Waals surface area contributed by atoms with E-state index in [2.05, 4.69) is 19.1 Å². The van der Waals surface area contributed by atoms with Crippen LogP contribution in [0.2, 0.25) is 0 Å². The first-order chi connectivity index (χ1) is 5.86. The number of rotatable bonds is 4. The molecule has 0 fully saturated rings. The van der Waals surface area contributed by atoms with E-state index in [9.17, 15) is 0 Å². The molecule has 0 saturated heterocycles. The fourth-order valence-corrected chi connectivity index (χ4v) is 1.21. The van der Waals surface area contributed by atoms with Crippen LogP contribution in [-0.4, -0.2) is 7.11 Å². The molecule has 0 saturated carbocycles. The third-order valence-corrected chi connectivity index (χ3v) is 1.95. The van der Waals surface area contributed by atoms with Gasteiger partial charge in [-0.15, -0.1) is 0 Å². The van der Waals surface area contributed by atoms with Crippen molar-refractivity contribution in [1.29, 1.82) is 0 Å². The summed E-state index contributed by atoms with van der Waals surface area (Å²) in [5.74, 6) is 0.962. The van der Waals surface area contributed by atoms with E-state index in [-0.39, 0.29) is 0 Å². The number of hydrogen-bond donors (Lipinski definition) is 0. The number of benzene rings is 1. The van der Waals surface area contributed by atoms with E-state index in [0.29, 0.717) is 0 Å². The zero-order valence-corrected chi connectivity index (χ0v) is 7.84. The van der Waals surface area contributed by atoms with Crippen LogP contribution in [0.4, 0.5) is 0 Å². The van der Waals surface area contributed by atoms with Gasteiger partial charge in [-0.2, -0.15) is 0 Å². The first kappa shape index (κ1) is 9.11. The van der Waals surface area contributed by atoms with Crippen LogP contribution in [0.3, 0.4) is 0 Å². The first-order valence-electron chi connectivity index (χ1n) is 4.49. The van der Waals surface area contributed by atoms with E-state index >= 15 is 0 Å². The van der Waals surface area contributed by atoms with Gasteiger partial charge in [0.25, 0.3) is 0 Å². The Hall–Kier alpha value is -0.980. The van der Waals surface area contributed by atoms with E-state index in [1.807, 2.05) is 12.1 Å². The average molecular weight is 164 g/mol. The van der Waals surface area contributed by atoms with Crippen LogP contribution in [0.1, 0.15) is 25.3 Å². The van der Waals surface area contributed by atoms with Gasteiger partial charge in [0.1, 0.15) is 5.75 Å². The number of unbranched alkanes of at least 4 members (excludes halogenated alkanes) is 1. The van der Waals surface area contributed by atoms with Crippen molar-refractivity contribution in [2.75, 3.05) is 7.11 Å². The predicted octanol–water partition coefficient (Wildman–Crippen LogP) is 3.04. The molecule has 0 aliphatic heterocycles. The van der Waals surface area contributed by atoms with Crippen LogP contribution in [0.25, 0.3) is 0 Å². The number of methoxy groups -OCH3 is 1. The second-order valence-electron chi connectivity index (χ2n) is 2.96. The van der Waals surface area contributed by atoms with Gasteiger partial charge in [-0.1, -0.05) is 25.5 Å². The Morgan fingerprint density at radius 1 is 1.33 bits per heavy atom. The Kier molecular flexibility index (Phi) is 3.65. The minimum absolute atomic E-state index is 0.962. The molecule has 0 amide bonds. The molecule has 1 nitrogen and oxygen atoms in total. The lowest BCUT2D eigenvalue weighted by atomic mass is 10.1. The Bertz CT molecular complexity index is 230. The molecule has 66 valence electrons. The summed E-state index contributed by atoms with van der Waals surface area (Å²) in [4.78, 5) is 0. The maximum atomic E-state index is 5.13. The maximum Gasteiger partial charge on any atom is 0.119 e. The summed E-state index contributed by atoms with van der Waals surface area (Å²) < 4.78 is 5.13. The number of hydrogen-bond acceptors (Lipinski definition) is 1. The molecule has 0 radical (unpaired) electrons. The van der Waals surface area contributed by atoms with Crippen molar-refractivity contribution in [3.05, 3.63) is 29.8 Å². The molecule has 0 heterocycles. The molecule has 12 heavy (non-hydrogen) atoms. The van der Waals surface area contributed by atoms with Crippen LogP contribution >= 0.6 is 0 Å². The third-order valence-electron chi connectivity index (χ3n) is 1.95. The molecular weight excluding hydrogens is 148 g/mol. The van der Waals surface area contributed by atoms with Crippen molar-refractivity contribution in [3.8, 4) is 5.75 Å². The quantitative estimate of drug-likeness (QED) is 0.664. The zero-order valence-electron chi connectivity index (χ0n) is 7.84. The molecule has 1 aromatic carbocycles. The number of aryl methyl sites for hydroxylation is 1. The summed E-state index contributed by atoms with van der Waals surface area (Å²) in [6, 6.07) is 8.28. The Balaban J connectivity index is 2.60. The Morgan fingerprint density at radius 2 is 2.17 bits per heavy atom. The standard InChI is InChI=1S/C11H16O/c1-3-4-6-10-7-5-8-11(9-10)12-2/h5,7-9H,3-4,6H2,1-2H3. The van der Waals surface area contributed by atoms with Gasteiger partial charge in [0.2, 0.25) is 0 Å². The molecule has 1 heteroatoms. The largest absolute Gasteiger partial charge is 0.497 e. The molecule has 0 N–H and O–H groups in total. The highest BCUT2D eigenvalue weighted by atomic mass is 16.5. The predicted molar refractivity (Wildman–Crippen MR) is 51.6 cm³/mol. The highest BCUT2D eigenvalue weighted by Crippen LogP contribution is 2.14. The van der Waals surface area contributed by atoms with Crippen molar-refractivity contribution < 1.29 is 4.74 Å². The highest BCUT2D eigenvalue weighted by molar-refractivity contribution is 5.28. The Morgan fingerprint density at radius 3 is 2.83 bits per heavy atom.